The van der Waals surface area contributed by atoms with Crippen LogP contribution >= 0.6 is 0 Å². The number of ether oxygens (including phenoxy) is 4. The molecule has 3 saturated heterocycles. The SMILES string of the molecule is C=C1C(=O)[C@@H]2C[C@@]3(C)[C@H](c4ccoc4)OC(=O)C[C@]13O[C@H]1[C@@H](OC(=O)[C@H](C)CC)[C@@H](O)C(C)(C)[C@H]([C@H](O)C(=O)OC)[C@@]21C. The van der Waals surface area contributed by atoms with Gasteiger partial charge in [0.15, 0.2) is 18.0 Å². The van der Waals surface area contributed by atoms with E-state index >= 15 is 0 Å². The molecule has 1 spiro atoms. The fourth-order valence-electron chi connectivity index (χ4n) is 8.66. The second-order valence-corrected chi connectivity index (χ2v) is 13.8. The molecule has 236 valence electrons. The Morgan fingerprint density at radius 3 is 2.44 bits per heavy atom. The van der Waals surface area contributed by atoms with Crippen LogP contribution < -0.4 is 0 Å². The Kier molecular flexibility index (Phi) is 7.50. The highest BCUT2D eigenvalue weighted by atomic mass is 16.6. The predicted molar refractivity (Wildman–Crippen MR) is 149 cm³/mol. The van der Waals surface area contributed by atoms with Crippen LogP contribution in [0.25, 0.3) is 0 Å². The average Bonchev–Trinajstić information content (AvgIpc) is 3.46. The van der Waals surface area contributed by atoms with Crippen molar-refractivity contribution in [3.05, 3.63) is 36.3 Å². The number of hydrogen-bond acceptors (Lipinski definition) is 11. The Morgan fingerprint density at radius 1 is 1.19 bits per heavy atom. The number of furan rings is 1. The van der Waals surface area contributed by atoms with Crippen molar-refractivity contribution >= 4 is 23.7 Å². The maximum absolute atomic E-state index is 14.4. The van der Waals surface area contributed by atoms with E-state index in [2.05, 4.69) is 6.58 Å². The molecule has 2 N–H and O–H groups in total. The Morgan fingerprint density at radius 2 is 1.86 bits per heavy atom. The van der Waals surface area contributed by atoms with Gasteiger partial charge in [-0.2, -0.15) is 0 Å². The molecule has 0 amide bonds. The molecule has 11 heteroatoms. The van der Waals surface area contributed by atoms with Crippen LogP contribution in [0.5, 0.6) is 0 Å². The molecule has 6 rings (SSSR count). The third-order valence-corrected chi connectivity index (χ3v) is 11.3. The number of Topliss-reactive ketones (excluding diaryl/α,β-unsaturated/α-hetero) is 1. The molecule has 4 heterocycles. The zero-order valence-electron chi connectivity index (χ0n) is 25.7. The maximum Gasteiger partial charge on any atom is 0.335 e. The van der Waals surface area contributed by atoms with Gasteiger partial charge in [0.2, 0.25) is 0 Å². The minimum Gasteiger partial charge on any atom is -0.472 e. The van der Waals surface area contributed by atoms with E-state index in [0.717, 1.165) is 7.11 Å². The van der Waals surface area contributed by atoms with Gasteiger partial charge < -0.3 is 33.6 Å². The molecule has 2 aliphatic carbocycles. The summed E-state index contributed by atoms with van der Waals surface area (Å²) in [5.41, 5.74) is -4.81. The summed E-state index contributed by atoms with van der Waals surface area (Å²) in [6.07, 6.45) is -3.49. The van der Waals surface area contributed by atoms with Crippen LogP contribution in [-0.2, 0) is 38.1 Å². The molecule has 2 saturated carbocycles. The highest BCUT2D eigenvalue weighted by Crippen LogP contribution is 2.71. The molecule has 43 heavy (non-hydrogen) atoms. The number of hydrogen-bond donors (Lipinski definition) is 2. The van der Waals surface area contributed by atoms with Gasteiger partial charge in [0.1, 0.15) is 17.8 Å². The summed E-state index contributed by atoms with van der Waals surface area (Å²) in [6.45, 7) is 14.6. The topological polar surface area (TPSA) is 159 Å². The normalized spacial score (nSPS) is 41.3. The van der Waals surface area contributed by atoms with Crippen LogP contribution in [0, 0.1) is 34.0 Å². The van der Waals surface area contributed by atoms with Crippen LogP contribution in [0.2, 0.25) is 0 Å². The molecule has 2 bridgehead atoms. The number of aliphatic hydroxyl groups is 2. The molecule has 3 aliphatic heterocycles. The summed E-state index contributed by atoms with van der Waals surface area (Å²) in [5, 5.41) is 23.5. The van der Waals surface area contributed by atoms with Crippen LogP contribution in [0.4, 0.5) is 0 Å². The van der Waals surface area contributed by atoms with Crippen molar-refractivity contribution in [2.45, 2.75) is 96.9 Å². The number of ketones is 1. The van der Waals surface area contributed by atoms with Crippen LogP contribution in [-0.4, -0.2) is 71.0 Å². The lowest BCUT2D eigenvalue weighted by Crippen LogP contribution is -2.70. The van der Waals surface area contributed by atoms with Gasteiger partial charge in [-0.1, -0.05) is 48.1 Å². The van der Waals surface area contributed by atoms with Crippen LogP contribution in [0.3, 0.4) is 0 Å². The van der Waals surface area contributed by atoms with Crippen molar-refractivity contribution in [2.24, 2.45) is 34.0 Å². The summed E-state index contributed by atoms with van der Waals surface area (Å²) >= 11 is 0. The molecule has 1 aromatic heterocycles. The number of esters is 3. The van der Waals surface area contributed by atoms with Crippen LogP contribution in [0.15, 0.2) is 35.2 Å². The lowest BCUT2D eigenvalue weighted by atomic mass is 9.44. The smallest absolute Gasteiger partial charge is 0.335 e. The Hall–Kier alpha value is -3.02. The lowest BCUT2D eigenvalue weighted by Gasteiger charge is -2.60. The third kappa shape index (κ3) is 4.10. The zero-order valence-corrected chi connectivity index (χ0v) is 25.7. The second kappa shape index (κ2) is 10.3. The standard InChI is InChI=1S/C32H42O11/c1-9-15(2)27(37)42-22-24(36)29(4,5)23(21(35)28(38)39-8)31(7)18-12-30(6)25(17-10-11-40-14-17)41-19(33)13-32(30,43-26(22)31)16(3)20(18)34/h10-11,14-15,18,21-26,35-36H,3,9,12-13H2,1-2,4-8H3/t15-,18+,21+,22+,23+,24-,25+,26+,30+,31-,32+/m1/s1. The number of rotatable bonds is 6. The van der Waals surface area contributed by atoms with E-state index in [9.17, 15) is 29.4 Å². The number of carbonyl (C=O) groups excluding carboxylic acids is 4. The number of methoxy groups -OCH3 is 1. The first kappa shape index (κ1) is 31.4. The van der Waals surface area contributed by atoms with Gasteiger partial charge in [-0.05, 0) is 18.9 Å². The van der Waals surface area contributed by atoms with Crippen molar-refractivity contribution in [3.63, 3.8) is 0 Å². The minimum absolute atomic E-state index is 0.0534. The largest absolute Gasteiger partial charge is 0.472 e. The number of aliphatic hydroxyl groups excluding tert-OH is 2. The second-order valence-electron chi connectivity index (χ2n) is 13.8. The molecule has 1 aromatic rings. The van der Waals surface area contributed by atoms with E-state index in [1.807, 2.05) is 13.8 Å². The first-order valence-corrected chi connectivity index (χ1v) is 14.8. The molecule has 5 fully saturated rings. The van der Waals surface area contributed by atoms with Gasteiger partial charge in [-0.15, -0.1) is 0 Å². The average molecular weight is 603 g/mol. The minimum atomic E-state index is -1.77. The van der Waals surface area contributed by atoms with Gasteiger partial charge in [-0.25, -0.2) is 4.79 Å². The first-order valence-electron chi connectivity index (χ1n) is 14.8. The van der Waals surface area contributed by atoms with Crippen molar-refractivity contribution in [3.8, 4) is 0 Å². The summed E-state index contributed by atoms with van der Waals surface area (Å²) < 4.78 is 29.2. The quantitative estimate of drug-likeness (QED) is 0.280. The number of carbonyl (C=O) groups is 4. The molecule has 11 nitrogen and oxygen atoms in total. The first-order chi connectivity index (χ1) is 20.0. The summed E-state index contributed by atoms with van der Waals surface area (Å²) in [4.78, 5) is 53.9. The summed E-state index contributed by atoms with van der Waals surface area (Å²) in [7, 11) is 1.14. The molecular weight excluding hydrogens is 560 g/mol. The molecular formula is C32H42O11. The van der Waals surface area contributed by atoms with Crippen molar-refractivity contribution in [2.75, 3.05) is 7.11 Å². The lowest BCUT2D eigenvalue weighted by molar-refractivity contribution is -0.289. The Bertz CT molecular complexity index is 1330. The molecule has 11 atom stereocenters. The summed E-state index contributed by atoms with van der Waals surface area (Å²) in [5.74, 6) is -5.09. The monoisotopic (exact) mass is 602 g/mol. The van der Waals surface area contributed by atoms with E-state index in [1.165, 1.54) is 12.5 Å². The van der Waals surface area contributed by atoms with E-state index in [0.29, 0.717) is 12.0 Å². The van der Waals surface area contributed by atoms with E-state index < -0.39 is 88.0 Å². The summed E-state index contributed by atoms with van der Waals surface area (Å²) in [6, 6.07) is 1.67. The van der Waals surface area contributed by atoms with E-state index in [1.54, 1.807) is 33.8 Å². The highest BCUT2D eigenvalue weighted by Gasteiger charge is 2.78. The Balaban J connectivity index is 1.79. The fraction of sp³-hybridized carbons (Fsp3) is 0.688. The molecule has 5 aliphatic rings. The zero-order chi connectivity index (χ0) is 31.9. The van der Waals surface area contributed by atoms with Crippen molar-refractivity contribution in [1.29, 1.82) is 0 Å². The van der Waals surface area contributed by atoms with Gasteiger partial charge in [-0.3, -0.25) is 14.4 Å². The van der Waals surface area contributed by atoms with Crippen LogP contribution in [0.1, 0.15) is 72.5 Å². The number of fused-ring (bicyclic) bond motifs is 1. The van der Waals surface area contributed by atoms with Crippen molar-refractivity contribution in [1.82, 2.24) is 0 Å². The molecule has 0 radical (unpaired) electrons. The third-order valence-electron chi connectivity index (χ3n) is 11.3. The predicted octanol–water partition coefficient (Wildman–Crippen LogP) is 3.07. The van der Waals surface area contributed by atoms with Gasteiger partial charge in [0.25, 0.3) is 0 Å². The molecule has 0 unspecified atom stereocenters. The van der Waals surface area contributed by atoms with Gasteiger partial charge >= 0.3 is 17.9 Å². The number of cyclic esters (lactones) is 1. The van der Waals surface area contributed by atoms with E-state index in [-0.39, 0.29) is 24.2 Å². The van der Waals surface area contributed by atoms with Gasteiger partial charge in [0, 0.05) is 39.2 Å². The maximum atomic E-state index is 14.4. The fourth-order valence-corrected chi connectivity index (χ4v) is 8.66. The van der Waals surface area contributed by atoms with Gasteiger partial charge in [0.05, 0.1) is 38.1 Å². The van der Waals surface area contributed by atoms with E-state index in [4.69, 9.17) is 23.4 Å². The Labute approximate surface area is 250 Å². The molecule has 0 aromatic carbocycles. The van der Waals surface area contributed by atoms with Crippen molar-refractivity contribution < 1.29 is 52.8 Å². The highest BCUT2D eigenvalue weighted by molar-refractivity contribution is 6.02.